The molecule has 0 radical (unpaired) electrons. The van der Waals surface area contributed by atoms with Crippen LogP contribution in [0.4, 0.5) is 5.69 Å². The molecule has 1 heterocycles. The number of hydrogen-bond donors (Lipinski definition) is 1. The summed E-state index contributed by atoms with van der Waals surface area (Å²) in [7, 11) is 0. The number of rotatable bonds is 6. The lowest BCUT2D eigenvalue weighted by Crippen LogP contribution is -2.47. The predicted molar refractivity (Wildman–Crippen MR) is 99.0 cm³/mol. The van der Waals surface area contributed by atoms with Crippen molar-refractivity contribution in [3.8, 4) is 5.75 Å². The zero-order valence-corrected chi connectivity index (χ0v) is 14.7. The first kappa shape index (κ1) is 17.6. The lowest BCUT2D eigenvalue weighted by molar-refractivity contribution is 0.0691. The Kier molecular flexibility index (Phi) is 5.79. The maximum atomic E-state index is 11.2. The zero-order valence-electron chi connectivity index (χ0n) is 13.9. The van der Waals surface area contributed by atoms with Crippen LogP contribution in [0.5, 0.6) is 5.75 Å². The topological polar surface area (TPSA) is 53.0 Å². The molecule has 0 aliphatic carbocycles. The van der Waals surface area contributed by atoms with E-state index in [1.54, 1.807) is 24.3 Å². The molecule has 1 aliphatic heterocycles. The number of hydrogen-bond acceptors (Lipinski definition) is 4. The van der Waals surface area contributed by atoms with Gasteiger partial charge in [0.25, 0.3) is 0 Å². The van der Waals surface area contributed by atoms with Crippen molar-refractivity contribution in [1.29, 1.82) is 0 Å². The number of ether oxygens (including phenoxy) is 1. The first-order valence-electron chi connectivity index (χ1n) is 8.31. The fourth-order valence-corrected chi connectivity index (χ4v) is 3.14. The number of piperazine rings is 1. The van der Waals surface area contributed by atoms with E-state index < -0.39 is 5.97 Å². The van der Waals surface area contributed by atoms with Gasteiger partial charge in [0.15, 0.2) is 0 Å². The van der Waals surface area contributed by atoms with Gasteiger partial charge in [-0.05, 0) is 30.3 Å². The Morgan fingerprint density at radius 3 is 2.56 bits per heavy atom. The quantitative estimate of drug-likeness (QED) is 0.857. The maximum absolute atomic E-state index is 11.2. The van der Waals surface area contributed by atoms with Crippen LogP contribution < -0.4 is 9.64 Å². The summed E-state index contributed by atoms with van der Waals surface area (Å²) in [4.78, 5) is 15.8. The van der Waals surface area contributed by atoms with Gasteiger partial charge in [-0.2, -0.15) is 0 Å². The second kappa shape index (κ2) is 8.23. The van der Waals surface area contributed by atoms with Gasteiger partial charge < -0.3 is 14.7 Å². The van der Waals surface area contributed by atoms with E-state index in [2.05, 4.69) is 15.9 Å². The van der Waals surface area contributed by atoms with Crippen molar-refractivity contribution >= 4 is 23.3 Å². The molecule has 0 atom stereocenters. The molecule has 5 nitrogen and oxygen atoms in total. The average Bonchev–Trinajstić information content (AvgIpc) is 2.62. The molecule has 0 spiro atoms. The first-order valence-corrected chi connectivity index (χ1v) is 8.69. The first-order chi connectivity index (χ1) is 12.1. The Bertz CT molecular complexity index is 730. The number of carbonyl (C=O) groups is 1. The third-order valence-electron chi connectivity index (χ3n) is 4.33. The van der Waals surface area contributed by atoms with Crippen LogP contribution in [-0.2, 0) is 0 Å². The van der Waals surface area contributed by atoms with Crippen LogP contribution in [0.25, 0.3) is 0 Å². The van der Waals surface area contributed by atoms with Gasteiger partial charge in [-0.1, -0.05) is 29.8 Å². The van der Waals surface area contributed by atoms with Gasteiger partial charge in [-0.3, -0.25) is 4.90 Å². The maximum Gasteiger partial charge on any atom is 0.339 e. The Labute approximate surface area is 152 Å². The highest BCUT2D eigenvalue weighted by molar-refractivity contribution is 6.30. The molecular formula is C19H21ClN2O3. The van der Waals surface area contributed by atoms with E-state index in [1.807, 2.05) is 18.2 Å². The van der Waals surface area contributed by atoms with E-state index in [0.29, 0.717) is 12.4 Å². The van der Waals surface area contributed by atoms with Gasteiger partial charge in [0.1, 0.15) is 17.9 Å². The highest BCUT2D eigenvalue weighted by atomic mass is 35.5. The fourth-order valence-electron chi connectivity index (χ4n) is 2.96. The van der Waals surface area contributed by atoms with Crippen LogP contribution in [0.3, 0.4) is 0 Å². The van der Waals surface area contributed by atoms with Gasteiger partial charge in [-0.25, -0.2) is 4.79 Å². The minimum atomic E-state index is -0.967. The van der Waals surface area contributed by atoms with E-state index in [0.717, 1.165) is 43.4 Å². The highest BCUT2D eigenvalue weighted by Crippen LogP contribution is 2.21. The summed E-state index contributed by atoms with van der Waals surface area (Å²) in [5.41, 5.74) is 1.35. The number of carboxylic acids is 1. The van der Waals surface area contributed by atoms with Crippen molar-refractivity contribution in [2.75, 3.05) is 44.2 Å². The van der Waals surface area contributed by atoms with Crippen LogP contribution in [0.2, 0.25) is 5.02 Å². The minimum Gasteiger partial charge on any atom is -0.491 e. The SMILES string of the molecule is O=C(O)c1ccccc1OCCN1CCN(c2cccc(Cl)c2)CC1. The molecule has 1 fully saturated rings. The Balaban J connectivity index is 1.46. The number of aromatic carboxylic acids is 1. The summed E-state index contributed by atoms with van der Waals surface area (Å²) < 4.78 is 5.67. The molecule has 1 saturated heterocycles. The molecule has 0 aromatic heterocycles. The molecule has 3 rings (SSSR count). The molecule has 0 bridgehead atoms. The lowest BCUT2D eigenvalue weighted by Gasteiger charge is -2.36. The van der Waals surface area contributed by atoms with E-state index >= 15 is 0 Å². The van der Waals surface area contributed by atoms with Crippen molar-refractivity contribution in [2.24, 2.45) is 0 Å². The second-order valence-electron chi connectivity index (χ2n) is 5.96. The molecule has 1 aliphatic rings. The predicted octanol–water partition coefficient (Wildman–Crippen LogP) is 3.24. The summed E-state index contributed by atoms with van der Waals surface area (Å²) in [6.07, 6.45) is 0. The van der Waals surface area contributed by atoms with Gasteiger partial charge in [0.2, 0.25) is 0 Å². The van der Waals surface area contributed by atoms with Crippen LogP contribution in [-0.4, -0.2) is 55.3 Å². The summed E-state index contributed by atoms with van der Waals surface area (Å²) >= 11 is 6.06. The molecule has 132 valence electrons. The molecule has 6 heteroatoms. The van der Waals surface area contributed by atoms with Crippen molar-refractivity contribution in [3.05, 3.63) is 59.1 Å². The van der Waals surface area contributed by atoms with Crippen molar-refractivity contribution in [3.63, 3.8) is 0 Å². The Hall–Kier alpha value is -2.24. The van der Waals surface area contributed by atoms with Crippen molar-refractivity contribution in [2.45, 2.75) is 0 Å². The van der Waals surface area contributed by atoms with E-state index in [1.165, 1.54) is 0 Å². The smallest absolute Gasteiger partial charge is 0.339 e. The van der Waals surface area contributed by atoms with Crippen LogP contribution in [0.15, 0.2) is 48.5 Å². The number of benzene rings is 2. The zero-order chi connectivity index (χ0) is 17.6. The van der Waals surface area contributed by atoms with Gasteiger partial charge in [0.05, 0.1) is 0 Å². The number of para-hydroxylation sites is 1. The van der Waals surface area contributed by atoms with Gasteiger partial charge in [-0.15, -0.1) is 0 Å². The van der Waals surface area contributed by atoms with Crippen LogP contribution >= 0.6 is 11.6 Å². The number of nitrogens with zero attached hydrogens (tertiary/aromatic N) is 2. The standard InChI is InChI=1S/C19H21ClN2O3/c20-15-4-3-5-16(14-15)22-10-8-21(9-11-22)12-13-25-18-7-2-1-6-17(18)19(23)24/h1-7,14H,8-13H2,(H,23,24). The molecular weight excluding hydrogens is 340 g/mol. The van der Waals surface area contributed by atoms with E-state index in [9.17, 15) is 4.79 Å². The van der Waals surface area contributed by atoms with Crippen LogP contribution in [0.1, 0.15) is 10.4 Å². The molecule has 2 aromatic carbocycles. The van der Waals surface area contributed by atoms with E-state index in [4.69, 9.17) is 21.4 Å². The summed E-state index contributed by atoms with van der Waals surface area (Å²) in [5, 5.41) is 9.92. The molecule has 2 aromatic rings. The molecule has 25 heavy (non-hydrogen) atoms. The number of carboxylic acid groups (broad SMARTS) is 1. The van der Waals surface area contributed by atoms with Gasteiger partial charge in [0, 0.05) is 43.4 Å². The molecule has 0 unspecified atom stereocenters. The Morgan fingerprint density at radius 1 is 1.08 bits per heavy atom. The minimum absolute atomic E-state index is 0.202. The van der Waals surface area contributed by atoms with E-state index in [-0.39, 0.29) is 5.56 Å². The third kappa shape index (κ3) is 4.65. The normalized spacial score (nSPS) is 15.2. The monoisotopic (exact) mass is 360 g/mol. The second-order valence-corrected chi connectivity index (χ2v) is 6.39. The number of anilines is 1. The summed E-state index contributed by atoms with van der Waals surface area (Å²) in [6, 6.07) is 14.7. The number of halogens is 1. The third-order valence-corrected chi connectivity index (χ3v) is 4.56. The molecule has 1 N–H and O–H groups in total. The largest absolute Gasteiger partial charge is 0.491 e. The molecule has 0 amide bonds. The van der Waals surface area contributed by atoms with Crippen molar-refractivity contribution in [1.82, 2.24) is 4.90 Å². The Morgan fingerprint density at radius 2 is 1.84 bits per heavy atom. The summed E-state index contributed by atoms with van der Waals surface area (Å²) in [5.74, 6) is -0.543. The highest BCUT2D eigenvalue weighted by Gasteiger charge is 2.17. The lowest BCUT2D eigenvalue weighted by atomic mass is 10.2. The summed E-state index contributed by atoms with van der Waals surface area (Å²) in [6.45, 7) is 5.00. The molecule has 0 saturated carbocycles. The average molecular weight is 361 g/mol. The van der Waals surface area contributed by atoms with Crippen LogP contribution in [0, 0.1) is 0 Å². The van der Waals surface area contributed by atoms with Crippen molar-refractivity contribution < 1.29 is 14.6 Å². The van der Waals surface area contributed by atoms with Gasteiger partial charge >= 0.3 is 5.97 Å². The fraction of sp³-hybridized carbons (Fsp3) is 0.316.